The Morgan fingerprint density at radius 1 is 0.242 bits per heavy atom. The zero-order valence-corrected chi connectivity index (χ0v) is 36.7. The van der Waals surface area contributed by atoms with Gasteiger partial charge in [0, 0.05) is 34.1 Å². The Labute approximate surface area is 386 Å². The van der Waals surface area contributed by atoms with E-state index in [-0.39, 0.29) is 0 Å². The maximum Gasteiger partial charge on any atom is 0.0493 e. The van der Waals surface area contributed by atoms with Crippen LogP contribution in [0.15, 0.2) is 231 Å². The molecule has 0 N–H and O–H groups in total. The Balaban J connectivity index is 1.09. The van der Waals surface area contributed by atoms with E-state index in [1.165, 1.54) is 111 Å². The number of hydrogen-bond donors (Lipinski definition) is 0. The Morgan fingerprint density at radius 2 is 0.621 bits per heavy atom. The molecule has 0 saturated heterocycles. The maximum atomic E-state index is 2.51. The molecule has 2 aliphatic heterocycles. The second kappa shape index (κ2) is 15.8. The molecule has 312 valence electrons. The predicted molar refractivity (Wildman–Crippen MR) is 279 cm³/mol. The van der Waals surface area contributed by atoms with Crippen molar-refractivity contribution in [2.75, 3.05) is 9.80 Å². The second-order valence-electron chi connectivity index (χ2n) is 17.9. The van der Waals surface area contributed by atoms with Crippen molar-refractivity contribution in [2.24, 2.45) is 0 Å². The van der Waals surface area contributed by atoms with E-state index in [0.29, 0.717) is 0 Å². The summed E-state index contributed by atoms with van der Waals surface area (Å²) in [6.45, 7) is 0. The normalized spacial score (nSPS) is 13.2. The molecular formula is C64H46N2. The molecule has 0 fully saturated rings. The third-order valence-corrected chi connectivity index (χ3v) is 14.2. The van der Waals surface area contributed by atoms with Crippen LogP contribution in [0.2, 0.25) is 0 Å². The van der Waals surface area contributed by atoms with Crippen LogP contribution in [0.4, 0.5) is 34.1 Å². The van der Waals surface area contributed by atoms with Crippen LogP contribution in [0.25, 0.3) is 65.7 Å². The first-order valence-corrected chi connectivity index (χ1v) is 23.3. The first-order chi connectivity index (χ1) is 32.7. The molecule has 2 heterocycles. The number of aryl methyl sites for hydroxylation is 4. The number of hydrogen-bond acceptors (Lipinski definition) is 2. The summed E-state index contributed by atoms with van der Waals surface area (Å²) in [7, 11) is 0. The molecule has 2 nitrogen and oxygen atoms in total. The van der Waals surface area contributed by atoms with Gasteiger partial charge < -0.3 is 9.80 Å². The minimum absolute atomic E-state index is 1.00. The van der Waals surface area contributed by atoms with Gasteiger partial charge >= 0.3 is 0 Å². The van der Waals surface area contributed by atoms with Gasteiger partial charge in [0.15, 0.2) is 0 Å². The van der Waals surface area contributed by atoms with Crippen molar-refractivity contribution in [3.63, 3.8) is 0 Å². The fourth-order valence-corrected chi connectivity index (χ4v) is 11.0. The summed E-state index contributed by atoms with van der Waals surface area (Å²) >= 11 is 0. The fraction of sp³-hybridized carbons (Fsp3) is 0.0625. The molecule has 0 radical (unpaired) electrons. The highest BCUT2D eigenvalue weighted by Gasteiger charge is 2.26. The molecule has 11 aromatic carbocycles. The zero-order chi connectivity index (χ0) is 43.6. The lowest BCUT2D eigenvalue weighted by molar-refractivity contribution is 0.977. The lowest BCUT2D eigenvalue weighted by Crippen LogP contribution is -2.12. The number of para-hydroxylation sites is 4. The van der Waals surface area contributed by atoms with Crippen molar-refractivity contribution in [2.45, 2.75) is 25.7 Å². The summed E-state index contributed by atoms with van der Waals surface area (Å²) in [6, 6.07) is 86.1. The molecule has 0 aliphatic carbocycles. The molecule has 0 aromatic heterocycles. The number of rotatable bonds is 5. The smallest absolute Gasteiger partial charge is 0.0493 e. The van der Waals surface area contributed by atoms with Crippen molar-refractivity contribution in [3.8, 4) is 33.4 Å². The number of anilines is 6. The predicted octanol–water partition coefficient (Wildman–Crippen LogP) is 17.3. The third kappa shape index (κ3) is 6.40. The van der Waals surface area contributed by atoms with Crippen LogP contribution >= 0.6 is 0 Å². The molecule has 0 bridgehead atoms. The van der Waals surface area contributed by atoms with Crippen LogP contribution in [0, 0.1) is 0 Å². The number of nitrogens with zero attached hydrogens (tertiary/aromatic N) is 2. The van der Waals surface area contributed by atoms with Gasteiger partial charge in [0.1, 0.15) is 0 Å². The van der Waals surface area contributed by atoms with Crippen LogP contribution in [-0.2, 0) is 25.7 Å². The topological polar surface area (TPSA) is 6.48 Å². The lowest BCUT2D eigenvalue weighted by Gasteiger charge is -2.29. The van der Waals surface area contributed by atoms with E-state index in [0.717, 1.165) is 37.1 Å². The largest absolute Gasteiger partial charge is 0.310 e. The van der Waals surface area contributed by atoms with Crippen LogP contribution < -0.4 is 9.80 Å². The minimum Gasteiger partial charge on any atom is -0.310 e. The number of benzene rings is 11. The Bertz CT molecular complexity index is 3570. The van der Waals surface area contributed by atoms with Crippen LogP contribution in [0.3, 0.4) is 0 Å². The summed E-state index contributed by atoms with van der Waals surface area (Å²) in [4.78, 5) is 5.01. The van der Waals surface area contributed by atoms with E-state index in [9.17, 15) is 0 Å². The molecule has 0 atom stereocenters. The highest BCUT2D eigenvalue weighted by Crippen LogP contribution is 2.50. The standard InChI is InChI=1S/C64H46N2/c1-2-19-49(20-3-1)63-55-38-36-54(66-61-24-12-8-17-47(61)31-32-48-18-9-13-25-62(48)66)42-58(55)64(50-33-26-44(27-34-50)52-35-28-43-14-4-5-21-51(43)40-52)56-39-37-53(41-57(56)63)65-59-22-10-6-15-45(59)29-30-46-16-7-11-23-60(46)65/h1-28,33-42H,29-32H2. The van der Waals surface area contributed by atoms with E-state index < -0.39 is 0 Å². The van der Waals surface area contributed by atoms with Crippen LogP contribution in [-0.4, -0.2) is 0 Å². The van der Waals surface area contributed by atoms with Crippen molar-refractivity contribution in [1.29, 1.82) is 0 Å². The van der Waals surface area contributed by atoms with E-state index in [1.807, 2.05) is 0 Å². The van der Waals surface area contributed by atoms with E-state index in [2.05, 4.69) is 240 Å². The quantitative estimate of drug-likeness (QED) is 0.159. The van der Waals surface area contributed by atoms with Crippen LogP contribution in [0.1, 0.15) is 22.3 Å². The third-order valence-electron chi connectivity index (χ3n) is 14.2. The molecule has 0 amide bonds. The van der Waals surface area contributed by atoms with Crippen molar-refractivity contribution < 1.29 is 0 Å². The SMILES string of the molecule is c1ccc(-c2c3ccc(N4c5ccccc5CCc5ccccc54)cc3c(-c3ccc(-c4ccc5ccccc5c4)cc3)c3ccc(N4c5ccccc5CCc5ccccc54)cc23)cc1. The van der Waals surface area contributed by atoms with Gasteiger partial charge in [0.25, 0.3) is 0 Å². The second-order valence-corrected chi connectivity index (χ2v) is 17.9. The van der Waals surface area contributed by atoms with Gasteiger partial charge in [0.2, 0.25) is 0 Å². The Kier molecular flexibility index (Phi) is 9.16. The van der Waals surface area contributed by atoms with Gasteiger partial charge in [0.05, 0.1) is 0 Å². The summed E-state index contributed by atoms with van der Waals surface area (Å²) < 4.78 is 0. The van der Waals surface area contributed by atoms with Crippen molar-refractivity contribution in [3.05, 3.63) is 253 Å². The first kappa shape index (κ1) is 38.3. The van der Waals surface area contributed by atoms with Gasteiger partial charge in [-0.2, -0.15) is 0 Å². The summed E-state index contributed by atoms with van der Waals surface area (Å²) in [5, 5.41) is 7.44. The van der Waals surface area contributed by atoms with Crippen molar-refractivity contribution >= 4 is 66.4 Å². The molecule has 11 aromatic rings. The van der Waals surface area contributed by atoms with E-state index in [1.54, 1.807) is 0 Å². The molecule has 0 unspecified atom stereocenters. The van der Waals surface area contributed by atoms with Gasteiger partial charge in [-0.15, -0.1) is 0 Å². The van der Waals surface area contributed by atoms with Crippen LogP contribution in [0.5, 0.6) is 0 Å². The highest BCUT2D eigenvalue weighted by molar-refractivity contribution is 6.23. The van der Waals surface area contributed by atoms with Gasteiger partial charge in [-0.25, -0.2) is 0 Å². The summed E-state index contributed by atoms with van der Waals surface area (Å²) in [5.41, 5.74) is 20.1. The average Bonchev–Trinajstić information content (AvgIpc) is 3.66. The molecule has 66 heavy (non-hydrogen) atoms. The molecule has 0 spiro atoms. The molecular weight excluding hydrogens is 797 g/mol. The van der Waals surface area contributed by atoms with E-state index >= 15 is 0 Å². The Hall–Kier alpha value is -8.20. The molecule has 2 aliphatic rings. The van der Waals surface area contributed by atoms with Gasteiger partial charge in [-0.1, -0.05) is 176 Å². The molecule has 13 rings (SSSR count). The first-order valence-electron chi connectivity index (χ1n) is 23.3. The van der Waals surface area contributed by atoms with Gasteiger partial charge in [-0.3, -0.25) is 0 Å². The van der Waals surface area contributed by atoms with Gasteiger partial charge in [-0.05, 0) is 168 Å². The fourth-order valence-electron chi connectivity index (χ4n) is 11.0. The molecule has 2 heteroatoms. The highest BCUT2D eigenvalue weighted by atomic mass is 15.2. The summed E-state index contributed by atoms with van der Waals surface area (Å²) in [5.74, 6) is 0. The molecule has 0 saturated carbocycles. The summed E-state index contributed by atoms with van der Waals surface area (Å²) in [6.07, 6.45) is 4.02. The number of fused-ring (bicyclic) bond motifs is 7. The van der Waals surface area contributed by atoms with E-state index in [4.69, 9.17) is 0 Å². The zero-order valence-electron chi connectivity index (χ0n) is 36.7. The monoisotopic (exact) mass is 842 g/mol. The average molecular weight is 843 g/mol. The maximum absolute atomic E-state index is 2.51. The Morgan fingerprint density at radius 3 is 1.11 bits per heavy atom. The minimum atomic E-state index is 1.00. The lowest BCUT2D eigenvalue weighted by atomic mass is 9.85. The van der Waals surface area contributed by atoms with Crippen molar-refractivity contribution in [1.82, 2.24) is 0 Å².